The molecule has 0 heterocycles. The third kappa shape index (κ3) is 2.77. The second-order valence-corrected chi connectivity index (χ2v) is 2.21. The molecule has 0 radical (unpaired) electrons. The van der Waals surface area contributed by atoms with Gasteiger partial charge in [0, 0.05) is 11.1 Å². The smallest absolute Gasteiger partial charge is 0.545 e. The van der Waals surface area contributed by atoms with Crippen LogP contribution in [0.1, 0.15) is 15.9 Å². The van der Waals surface area contributed by atoms with E-state index < -0.39 is 18.4 Å². The molecule has 1 aromatic rings. The summed E-state index contributed by atoms with van der Waals surface area (Å²) in [5.41, 5.74) is -0.546. The van der Waals surface area contributed by atoms with Gasteiger partial charge in [-0.3, -0.25) is 0 Å². The van der Waals surface area contributed by atoms with Crippen molar-refractivity contribution in [2.45, 2.75) is 6.61 Å². The van der Waals surface area contributed by atoms with Crippen LogP contribution < -0.4 is 34.7 Å². The first-order valence-electron chi connectivity index (χ1n) is 3.26. The molecule has 0 saturated carbocycles. The van der Waals surface area contributed by atoms with Crippen LogP contribution in [0, 0.1) is 5.82 Å². The Kier molecular flexibility index (Phi) is 5.17. The van der Waals surface area contributed by atoms with Crippen molar-refractivity contribution in [3.8, 4) is 0 Å². The molecule has 0 bridgehead atoms. The Morgan fingerprint density at radius 3 is 2.54 bits per heavy atom. The van der Waals surface area contributed by atoms with E-state index >= 15 is 0 Å². The number of aromatic carboxylic acids is 1. The Hall–Kier alpha value is -0.420. The van der Waals surface area contributed by atoms with E-state index in [0.29, 0.717) is 0 Å². The molecule has 1 rings (SSSR count). The summed E-state index contributed by atoms with van der Waals surface area (Å²) in [6, 6.07) is 3.52. The standard InChI is InChI=1S/C8H7FO3.Na/c9-7-3-1-2-5(8(11)12)6(7)4-10;/h1-3,10H,4H2,(H,11,12);/q;+1/p-1. The molecule has 5 heteroatoms. The molecule has 3 nitrogen and oxygen atoms in total. The van der Waals surface area contributed by atoms with Crippen LogP contribution in [0.3, 0.4) is 0 Å². The zero-order valence-electron chi connectivity index (χ0n) is 7.08. The number of aliphatic hydroxyl groups is 1. The normalized spacial score (nSPS) is 9.08. The summed E-state index contributed by atoms with van der Waals surface area (Å²) in [5.74, 6) is -2.22. The summed E-state index contributed by atoms with van der Waals surface area (Å²) in [6.45, 7) is -0.643. The molecule has 0 fully saturated rings. The molecule has 0 aliphatic carbocycles. The Bertz CT molecular complexity index is 314. The second kappa shape index (κ2) is 5.34. The van der Waals surface area contributed by atoms with Crippen LogP contribution in [0.2, 0.25) is 0 Å². The van der Waals surface area contributed by atoms with Gasteiger partial charge in [-0.15, -0.1) is 0 Å². The third-order valence-corrected chi connectivity index (χ3v) is 1.50. The quantitative estimate of drug-likeness (QED) is 0.499. The van der Waals surface area contributed by atoms with E-state index in [4.69, 9.17) is 5.11 Å². The summed E-state index contributed by atoms with van der Waals surface area (Å²) in [4.78, 5) is 10.3. The summed E-state index contributed by atoms with van der Waals surface area (Å²) in [6.07, 6.45) is 0. The molecule has 1 N–H and O–H groups in total. The molecule has 64 valence electrons. The van der Waals surface area contributed by atoms with Crippen LogP contribution in [-0.2, 0) is 6.61 Å². The second-order valence-electron chi connectivity index (χ2n) is 2.21. The molecule has 0 aliphatic rings. The van der Waals surface area contributed by atoms with Crippen LogP contribution in [0.4, 0.5) is 4.39 Å². The van der Waals surface area contributed by atoms with Crippen molar-refractivity contribution < 1.29 is 49.0 Å². The fourth-order valence-electron chi connectivity index (χ4n) is 0.911. The van der Waals surface area contributed by atoms with Crippen LogP contribution in [0.25, 0.3) is 0 Å². The van der Waals surface area contributed by atoms with Gasteiger partial charge in [-0.25, -0.2) is 4.39 Å². The van der Waals surface area contributed by atoms with E-state index in [2.05, 4.69) is 0 Å². The zero-order chi connectivity index (χ0) is 9.14. The summed E-state index contributed by atoms with van der Waals surface area (Å²) in [5, 5.41) is 19.0. The van der Waals surface area contributed by atoms with Gasteiger partial charge in [-0.05, 0) is 6.07 Å². The molecule has 0 amide bonds. The van der Waals surface area contributed by atoms with Gasteiger partial charge in [0.1, 0.15) is 5.82 Å². The van der Waals surface area contributed by atoms with Crippen molar-refractivity contribution in [2.24, 2.45) is 0 Å². The first-order valence-corrected chi connectivity index (χ1v) is 3.26. The Labute approximate surface area is 96.5 Å². The maximum Gasteiger partial charge on any atom is 1.00 e. The Balaban J connectivity index is 0.00000144. The number of hydrogen-bond donors (Lipinski definition) is 1. The molecular weight excluding hydrogens is 186 g/mol. The fraction of sp³-hybridized carbons (Fsp3) is 0.125. The molecule has 1 aromatic carbocycles. The molecule has 0 aliphatic heterocycles. The van der Waals surface area contributed by atoms with E-state index in [1.807, 2.05) is 0 Å². The molecule has 0 spiro atoms. The van der Waals surface area contributed by atoms with E-state index in [0.717, 1.165) is 6.07 Å². The number of benzene rings is 1. The number of carboxylic acids is 1. The average Bonchev–Trinajstić information content (AvgIpc) is 2.03. The molecular formula is C8H6FNaO3. The predicted octanol–water partition coefficient (Wildman–Crippen LogP) is -3.31. The predicted molar refractivity (Wildman–Crippen MR) is 36.7 cm³/mol. The molecule has 0 unspecified atom stereocenters. The summed E-state index contributed by atoms with van der Waals surface area (Å²) < 4.78 is 12.8. The monoisotopic (exact) mass is 192 g/mol. The van der Waals surface area contributed by atoms with E-state index in [1.165, 1.54) is 12.1 Å². The van der Waals surface area contributed by atoms with Crippen molar-refractivity contribution in [3.63, 3.8) is 0 Å². The van der Waals surface area contributed by atoms with Crippen molar-refractivity contribution in [1.29, 1.82) is 0 Å². The number of halogens is 1. The van der Waals surface area contributed by atoms with Crippen LogP contribution in [0.5, 0.6) is 0 Å². The van der Waals surface area contributed by atoms with E-state index in [-0.39, 0.29) is 40.7 Å². The minimum Gasteiger partial charge on any atom is -0.545 e. The maximum absolute atomic E-state index is 12.8. The van der Waals surface area contributed by atoms with Gasteiger partial charge in [-0.2, -0.15) is 0 Å². The minimum absolute atomic E-state index is 0. The van der Waals surface area contributed by atoms with Crippen molar-refractivity contribution >= 4 is 5.97 Å². The number of rotatable bonds is 2. The van der Waals surface area contributed by atoms with Gasteiger partial charge >= 0.3 is 29.6 Å². The van der Waals surface area contributed by atoms with Crippen LogP contribution in [0.15, 0.2) is 18.2 Å². The molecule has 13 heavy (non-hydrogen) atoms. The number of hydrogen-bond acceptors (Lipinski definition) is 3. The van der Waals surface area contributed by atoms with E-state index in [1.54, 1.807) is 0 Å². The van der Waals surface area contributed by atoms with Gasteiger partial charge in [-0.1, -0.05) is 12.1 Å². The fourth-order valence-corrected chi connectivity index (χ4v) is 0.911. The Morgan fingerprint density at radius 2 is 2.15 bits per heavy atom. The zero-order valence-corrected chi connectivity index (χ0v) is 9.08. The number of aliphatic hydroxyl groups excluding tert-OH is 1. The number of carbonyl (C=O) groups is 1. The van der Waals surface area contributed by atoms with Crippen LogP contribution in [-0.4, -0.2) is 11.1 Å². The third-order valence-electron chi connectivity index (χ3n) is 1.50. The molecule has 0 aromatic heterocycles. The first kappa shape index (κ1) is 12.6. The first-order chi connectivity index (χ1) is 5.66. The molecule has 0 atom stereocenters. The van der Waals surface area contributed by atoms with Gasteiger partial charge in [0.2, 0.25) is 0 Å². The topological polar surface area (TPSA) is 60.4 Å². The SMILES string of the molecule is O=C([O-])c1cccc(F)c1CO.[Na+]. The van der Waals surface area contributed by atoms with Crippen molar-refractivity contribution in [1.82, 2.24) is 0 Å². The number of carboxylic acid groups (broad SMARTS) is 1. The summed E-state index contributed by atoms with van der Waals surface area (Å²) >= 11 is 0. The van der Waals surface area contributed by atoms with Gasteiger partial charge in [0.25, 0.3) is 0 Å². The minimum atomic E-state index is -1.49. The van der Waals surface area contributed by atoms with Gasteiger partial charge < -0.3 is 15.0 Å². The average molecular weight is 192 g/mol. The maximum atomic E-state index is 12.8. The van der Waals surface area contributed by atoms with Gasteiger partial charge in [0.05, 0.1) is 12.6 Å². The van der Waals surface area contributed by atoms with E-state index in [9.17, 15) is 14.3 Å². The number of carbonyl (C=O) groups excluding carboxylic acids is 1. The van der Waals surface area contributed by atoms with Crippen molar-refractivity contribution in [2.75, 3.05) is 0 Å². The van der Waals surface area contributed by atoms with Gasteiger partial charge in [0.15, 0.2) is 0 Å². The largest absolute Gasteiger partial charge is 1.00 e. The summed E-state index contributed by atoms with van der Waals surface area (Å²) in [7, 11) is 0. The van der Waals surface area contributed by atoms with Crippen molar-refractivity contribution in [3.05, 3.63) is 35.1 Å². The Morgan fingerprint density at radius 1 is 1.54 bits per heavy atom. The van der Waals surface area contributed by atoms with Crippen LogP contribution >= 0.6 is 0 Å². The molecule has 0 saturated heterocycles.